The van der Waals surface area contributed by atoms with E-state index in [2.05, 4.69) is 55.6 Å². The van der Waals surface area contributed by atoms with Crippen LogP contribution in [0, 0.1) is 0 Å². The summed E-state index contributed by atoms with van der Waals surface area (Å²) in [5.74, 6) is -0.174. The van der Waals surface area contributed by atoms with Crippen molar-refractivity contribution in [1.82, 2.24) is 5.32 Å². The summed E-state index contributed by atoms with van der Waals surface area (Å²) in [7, 11) is 1.30. The highest BCUT2D eigenvalue weighted by atomic mass is 31.2. The average molecular weight is 1010 g/mol. The lowest BCUT2D eigenvalue weighted by Gasteiger charge is -2.30. The normalized spacial score (nSPS) is 14.1. The molecular formula is C61H119N2O6P. The zero-order valence-electron chi connectivity index (χ0n) is 47.2. The molecule has 0 aromatic rings. The second-order valence-electron chi connectivity index (χ2n) is 22.1. The zero-order valence-corrected chi connectivity index (χ0v) is 48.1. The van der Waals surface area contributed by atoms with Crippen LogP contribution in [-0.4, -0.2) is 68.5 Å². The number of carbonyl (C=O) groups excluding carboxylic acids is 1. The van der Waals surface area contributed by atoms with Gasteiger partial charge in [-0.2, -0.15) is 0 Å². The van der Waals surface area contributed by atoms with Crippen LogP contribution in [0.25, 0.3) is 0 Å². The summed E-state index contributed by atoms with van der Waals surface area (Å²) in [6, 6.07) is -0.809. The van der Waals surface area contributed by atoms with Gasteiger partial charge in [0.25, 0.3) is 7.82 Å². The van der Waals surface area contributed by atoms with Crippen molar-refractivity contribution in [1.29, 1.82) is 0 Å². The second kappa shape index (κ2) is 52.6. The van der Waals surface area contributed by atoms with Crippen molar-refractivity contribution in [3.8, 4) is 0 Å². The van der Waals surface area contributed by atoms with Gasteiger partial charge in [-0.3, -0.25) is 9.36 Å². The Bertz CT molecular complexity index is 1230. The van der Waals surface area contributed by atoms with Crippen LogP contribution in [0.1, 0.15) is 296 Å². The number of nitrogens with one attached hydrogen (secondary N) is 1. The molecule has 2 N–H and O–H groups in total. The SMILES string of the molecule is CCCCC/C=C\C/C=C\C/C=C\CCCCCCCCC(=O)NC(COP(=O)([O-])OCC[N+](C)(C)C)C(O)CCCCCCCCCCCCCCCCCCCCCCCCCCCCCCC. The Balaban J connectivity index is 4.10. The van der Waals surface area contributed by atoms with Gasteiger partial charge in [-0.05, 0) is 51.4 Å². The Kier molecular flexibility index (Phi) is 51.6. The fourth-order valence-corrected chi connectivity index (χ4v) is 9.83. The molecule has 0 aromatic heterocycles. The molecule has 70 heavy (non-hydrogen) atoms. The summed E-state index contributed by atoms with van der Waals surface area (Å²) in [6.45, 7) is 4.72. The number of amides is 1. The van der Waals surface area contributed by atoms with Crippen molar-refractivity contribution >= 4 is 13.7 Å². The fourth-order valence-electron chi connectivity index (χ4n) is 9.11. The maximum absolute atomic E-state index is 13.0. The van der Waals surface area contributed by atoms with Crippen molar-refractivity contribution in [3.05, 3.63) is 36.5 Å². The quantitative estimate of drug-likeness (QED) is 0.0272. The van der Waals surface area contributed by atoms with Crippen LogP contribution >= 0.6 is 7.82 Å². The second-order valence-corrected chi connectivity index (χ2v) is 23.5. The molecule has 3 atom stereocenters. The van der Waals surface area contributed by atoms with E-state index in [4.69, 9.17) is 9.05 Å². The summed E-state index contributed by atoms with van der Waals surface area (Å²) >= 11 is 0. The number of carbonyl (C=O) groups is 1. The zero-order chi connectivity index (χ0) is 51.3. The first-order valence-electron chi connectivity index (χ1n) is 30.3. The minimum atomic E-state index is -4.58. The van der Waals surface area contributed by atoms with E-state index in [-0.39, 0.29) is 19.1 Å². The smallest absolute Gasteiger partial charge is 0.268 e. The summed E-state index contributed by atoms with van der Waals surface area (Å²) < 4.78 is 23.4. The largest absolute Gasteiger partial charge is 0.756 e. The van der Waals surface area contributed by atoms with E-state index in [1.165, 1.54) is 205 Å². The molecule has 0 aliphatic rings. The maximum atomic E-state index is 13.0. The molecule has 0 saturated carbocycles. The number of phosphoric ester groups is 1. The Morgan fingerprint density at radius 2 is 0.829 bits per heavy atom. The lowest BCUT2D eigenvalue weighted by Crippen LogP contribution is -2.46. The number of unbranched alkanes of at least 4 members (excludes halogenated alkanes) is 37. The molecule has 414 valence electrons. The van der Waals surface area contributed by atoms with Gasteiger partial charge >= 0.3 is 0 Å². The molecule has 0 saturated heterocycles. The Morgan fingerprint density at radius 1 is 0.500 bits per heavy atom. The lowest BCUT2D eigenvalue weighted by atomic mass is 10.0. The summed E-state index contributed by atoms with van der Waals surface area (Å²) in [5.41, 5.74) is 0. The van der Waals surface area contributed by atoms with Gasteiger partial charge in [-0.1, -0.05) is 275 Å². The summed E-state index contributed by atoms with van der Waals surface area (Å²) in [4.78, 5) is 25.5. The summed E-state index contributed by atoms with van der Waals surface area (Å²) in [5, 5.41) is 14.0. The number of phosphoric acid groups is 1. The van der Waals surface area contributed by atoms with Gasteiger partial charge in [0.05, 0.1) is 39.9 Å². The van der Waals surface area contributed by atoms with Gasteiger partial charge in [0.15, 0.2) is 0 Å². The van der Waals surface area contributed by atoms with Crippen molar-refractivity contribution in [2.75, 3.05) is 40.9 Å². The van der Waals surface area contributed by atoms with E-state index in [0.29, 0.717) is 23.9 Å². The van der Waals surface area contributed by atoms with Crippen LogP contribution in [0.3, 0.4) is 0 Å². The highest BCUT2D eigenvalue weighted by molar-refractivity contribution is 7.45. The molecule has 0 spiro atoms. The number of allylic oxidation sites excluding steroid dienone is 6. The molecule has 0 aliphatic carbocycles. The molecule has 0 bridgehead atoms. The number of nitrogens with zero attached hydrogens (tertiary/aromatic N) is 1. The van der Waals surface area contributed by atoms with Crippen LogP contribution in [0.2, 0.25) is 0 Å². The minimum absolute atomic E-state index is 0.00930. The van der Waals surface area contributed by atoms with Crippen LogP contribution in [0.5, 0.6) is 0 Å². The molecule has 0 aliphatic heterocycles. The monoisotopic (exact) mass is 1010 g/mol. The highest BCUT2D eigenvalue weighted by Gasteiger charge is 2.24. The van der Waals surface area contributed by atoms with Crippen LogP contribution in [-0.2, 0) is 18.4 Å². The Morgan fingerprint density at radius 3 is 1.23 bits per heavy atom. The number of quaternary nitrogens is 1. The number of hydrogen-bond donors (Lipinski definition) is 2. The predicted molar refractivity (Wildman–Crippen MR) is 302 cm³/mol. The number of aliphatic hydroxyl groups is 1. The van der Waals surface area contributed by atoms with Crippen molar-refractivity contribution in [2.24, 2.45) is 0 Å². The average Bonchev–Trinajstić information content (AvgIpc) is 3.32. The number of hydrogen-bond acceptors (Lipinski definition) is 6. The molecular weight excluding hydrogens is 888 g/mol. The lowest BCUT2D eigenvalue weighted by molar-refractivity contribution is -0.870. The van der Waals surface area contributed by atoms with E-state index in [1.54, 1.807) is 0 Å². The molecule has 0 aromatic carbocycles. The molecule has 0 radical (unpaired) electrons. The fraction of sp³-hybridized carbons (Fsp3) is 0.885. The maximum Gasteiger partial charge on any atom is 0.268 e. The number of likely N-dealkylation sites (N-methyl/N-ethyl adjacent to an activating group) is 1. The van der Waals surface area contributed by atoms with Gasteiger partial charge in [0.2, 0.25) is 5.91 Å². The molecule has 8 nitrogen and oxygen atoms in total. The van der Waals surface area contributed by atoms with Gasteiger partial charge in [0.1, 0.15) is 13.2 Å². The first kappa shape index (κ1) is 68.7. The predicted octanol–water partition coefficient (Wildman–Crippen LogP) is 17.9. The standard InChI is InChI=1S/C61H119N2O6P/c1-6-8-10-12-14-16-18-20-22-24-26-27-28-29-30-31-32-33-34-35-37-38-40-42-44-46-48-50-52-54-60(64)59(58-69-70(66,67)68-57-56-63(3,4)5)62-61(65)55-53-51-49-47-45-43-41-39-36-25-23-21-19-17-15-13-11-9-7-2/h15,17,21,23,36,39,59-60,64H,6-14,16,18-20,22,24-35,37-38,40-58H2,1-5H3,(H-,62,65,66,67)/b17-15-,23-21-,39-36-. The summed E-state index contributed by atoms with van der Waals surface area (Å²) in [6.07, 6.45) is 67.6. The molecule has 1 amide bonds. The topological polar surface area (TPSA) is 108 Å². The highest BCUT2D eigenvalue weighted by Crippen LogP contribution is 2.38. The Labute approximate surface area is 436 Å². The third kappa shape index (κ3) is 54.5. The van der Waals surface area contributed by atoms with Gasteiger partial charge in [-0.15, -0.1) is 0 Å². The van der Waals surface area contributed by atoms with E-state index >= 15 is 0 Å². The third-order valence-corrected chi connectivity index (χ3v) is 14.8. The first-order valence-corrected chi connectivity index (χ1v) is 31.8. The Hall–Kier alpha value is -1.28. The van der Waals surface area contributed by atoms with Crippen molar-refractivity contribution in [3.63, 3.8) is 0 Å². The van der Waals surface area contributed by atoms with Gasteiger partial charge in [-0.25, -0.2) is 0 Å². The molecule has 0 heterocycles. The molecule has 0 rings (SSSR count). The van der Waals surface area contributed by atoms with Crippen molar-refractivity contribution in [2.45, 2.75) is 309 Å². The van der Waals surface area contributed by atoms with E-state index in [1.807, 2.05) is 21.1 Å². The third-order valence-electron chi connectivity index (χ3n) is 13.9. The van der Waals surface area contributed by atoms with Gasteiger partial charge < -0.3 is 28.8 Å². The van der Waals surface area contributed by atoms with Gasteiger partial charge in [0, 0.05) is 6.42 Å². The van der Waals surface area contributed by atoms with E-state index < -0.39 is 20.0 Å². The first-order chi connectivity index (χ1) is 34.0. The minimum Gasteiger partial charge on any atom is -0.756 e. The molecule has 9 heteroatoms. The van der Waals surface area contributed by atoms with Crippen LogP contribution < -0.4 is 10.2 Å². The number of aliphatic hydroxyl groups excluding tert-OH is 1. The molecule has 3 unspecified atom stereocenters. The van der Waals surface area contributed by atoms with E-state index in [0.717, 1.165) is 64.2 Å². The van der Waals surface area contributed by atoms with E-state index in [9.17, 15) is 19.4 Å². The van der Waals surface area contributed by atoms with Crippen LogP contribution in [0.15, 0.2) is 36.5 Å². The van der Waals surface area contributed by atoms with Crippen molar-refractivity contribution < 1.29 is 32.9 Å². The molecule has 0 fully saturated rings. The number of rotatable bonds is 56. The van der Waals surface area contributed by atoms with Crippen LogP contribution in [0.4, 0.5) is 0 Å².